The fourth-order valence-electron chi connectivity index (χ4n) is 1.59. The van der Waals surface area contributed by atoms with Crippen LogP contribution in [0.25, 0.3) is 0 Å². The molecule has 0 spiro atoms. The summed E-state index contributed by atoms with van der Waals surface area (Å²) in [6.45, 7) is 0. The second kappa shape index (κ2) is 3.48. The summed E-state index contributed by atoms with van der Waals surface area (Å²) in [6.07, 6.45) is 2.43. The van der Waals surface area contributed by atoms with E-state index >= 15 is 0 Å². The molecule has 0 unspecified atom stereocenters. The highest BCUT2D eigenvalue weighted by molar-refractivity contribution is 9.11. The predicted molar refractivity (Wildman–Crippen MR) is 58.2 cm³/mol. The van der Waals surface area contributed by atoms with Crippen LogP contribution >= 0.6 is 27.3 Å². The minimum atomic E-state index is -0.704. The lowest BCUT2D eigenvalue weighted by Gasteiger charge is -2.32. The molecule has 72 valence electrons. The lowest BCUT2D eigenvalue weighted by atomic mass is 9.67. The van der Waals surface area contributed by atoms with E-state index in [1.807, 2.05) is 6.07 Å². The van der Waals surface area contributed by atoms with Gasteiger partial charge in [-0.25, -0.2) is 0 Å². The average Bonchev–Trinajstić information content (AvgIpc) is 2.50. The predicted octanol–water partition coefficient (Wildman–Crippen LogP) is 3.39. The summed E-state index contributed by atoms with van der Waals surface area (Å²) in [6, 6.07) is 5.80. The van der Waals surface area contributed by atoms with Gasteiger partial charge in [-0.3, -0.25) is 4.79 Å². The molecule has 4 heteroatoms. The molecule has 0 radical (unpaired) electrons. The van der Waals surface area contributed by atoms with Gasteiger partial charge in [0.05, 0.1) is 14.7 Å². The maximum atomic E-state index is 12.0. The zero-order valence-corrected chi connectivity index (χ0v) is 9.82. The second-order valence-electron chi connectivity index (χ2n) is 3.48. The van der Waals surface area contributed by atoms with Crippen LogP contribution < -0.4 is 0 Å². The molecule has 0 atom stereocenters. The van der Waals surface area contributed by atoms with E-state index in [1.165, 1.54) is 11.3 Å². The number of Topliss-reactive ketones (excluding diaryl/α,β-unsaturated/α-hetero) is 1. The Kier molecular flexibility index (Phi) is 2.46. The normalized spacial score (nSPS) is 18.3. The largest absolute Gasteiger partial charge is 0.291 e. The van der Waals surface area contributed by atoms with Crippen LogP contribution in [0.4, 0.5) is 0 Å². The number of hydrogen-bond acceptors (Lipinski definition) is 3. The Bertz CT molecular complexity index is 414. The number of nitrogens with zero attached hydrogens (tertiary/aromatic N) is 1. The van der Waals surface area contributed by atoms with Crippen molar-refractivity contribution in [1.82, 2.24) is 0 Å². The second-order valence-corrected chi connectivity index (χ2v) is 5.94. The maximum Gasteiger partial charge on any atom is 0.192 e. The van der Waals surface area contributed by atoms with Crippen molar-refractivity contribution in [1.29, 1.82) is 5.26 Å². The monoisotopic (exact) mass is 269 g/mol. The number of nitriles is 1. The van der Waals surface area contributed by atoms with Gasteiger partial charge >= 0.3 is 0 Å². The SMILES string of the molecule is N#CC1(C(=O)c2ccc(Br)s2)CCC1. The molecule has 0 saturated heterocycles. The molecule has 2 nitrogen and oxygen atoms in total. The molecule has 0 bridgehead atoms. The minimum absolute atomic E-state index is 0.00181. The van der Waals surface area contributed by atoms with Gasteiger partial charge in [-0.2, -0.15) is 5.26 Å². The molecule has 14 heavy (non-hydrogen) atoms. The van der Waals surface area contributed by atoms with Gasteiger partial charge in [0.2, 0.25) is 0 Å². The van der Waals surface area contributed by atoms with E-state index in [4.69, 9.17) is 5.26 Å². The highest BCUT2D eigenvalue weighted by Crippen LogP contribution is 2.44. The molecule has 0 aliphatic heterocycles. The van der Waals surface area contributed by atoms with Crippen molar-refractivity contribution in [2.45, 2.75) is 19.3 Å². The van der Waals surface area contributed by atoms with Crippen LogP contribution in [0.15, 0.2) is 15.9 Å². The third-order valence-corrected chi connectivity index (χ3v) is 4.28. The number of ketones is 1. The maximum absolute atomic E-state index is 12.0. The van der Waals surface area contributed by atoms with Gasteiger partial charge in [0.15, 0.2) is 5.78 Å². The van der Waals surface area contributed by atoms with Crippen LogP contribution in [0.5, 0.6) is 0 Å². The standard InChI is InChI=1S/C10H8BrNOS/c11-8-3-2-7(14-8)9(13)10(6-12)4-1-5-10/h2-3H,1,4-5H2. The van der Waals surface area contributed by atoms with E-state index < -0.39 is 5.41 Å². The molecule has 2 rings (SSSR count). The van der Waals surface area contributed by atoms with Gasteiger partial charge in [-0.1, -0.05) is 0 Å². The molecule has 1 aromatic rings. The van der Waals surface area contributed by atoms with E-state index in [0.29, 0.717) is 4.88 Å². The average molecular weight is 270 g/mol. The molecule has 1 saturated carbocycles. The van der Waals surface area contributed by atoms with Crippen LogP contribution in [0.1, 0.15) is 28.9 Å². The number of hydrogen-bond donors (Lipinski definition) is 0. The Morgan fingerprint density at radius 1 is 1.57 bits per heavy atom. The molecule has 1 heterocycles. The number of thiophene rings is 1. The van der Waals surface area contributed by atoms with E-state index in [1.54, 1.807) is 6.07 Å². The summed E-state index contributed by atoms with van der Waals surface area (Å²) in [5.74, 6) is 0.00181. The van der Waals surface area contributed by atoms with Crippen molar-refractivity contribution in [3.8, 4) is 6.07 Å². The van der Waals surface area contributed by atoms with E-state index in [2.05, 4.69) is 22.0 Å². The van der Waals surface area contributed by atoms with Crippen LogP contribution in [-0.4, -0.2) is 5.78 Å². The van der Waals surface area contributed by atoms with Gasteiger partial charge in [-0.05, 0) is 47.3 Å². The van der Waals surface area contributed by atoms with Gasteiger partial charge in [0, 0.05) is 0 Å². The highest BCUT2D eigenvalue weighted by Gasteiger charge is 2.45. The van der Waals surface area contributed by atoms with Gasteiger partial charge in [0.1, 0.15) is 5.41 Å². The van der Waals surface area contributed by atoms with E-state index in [9.17, 15) is 4.79 Å². The summed E-state index contributed by atoms with van der Waals surface area (Å²) in [5.41, 5.74) is -0.704. The lowest BCUT2D eigenvalue weighted by Crippen LogP contribution is -2.36. The summed E-state index contributed by atoms with van der Waals surface area (Å²) < 4.78 is 0.938. The van der Waals surface area contributed by atoms with Gasteiger partial charge in [0.25, 0.3) is 0 Å². The topological polar surface area (TPSA) is 40.9 Å². The Balaban J connectivity index is 2.28. The molecule has 0 N–H and O–H groups in total. The summed E-state index contributed by atoms with van der Waals surface area (Å²) in [5, 5.41) is 9.00. The van der Waals surface area contributed by atoms with Crippen molar-refractivity contribution in [2.75, 3.05) is 0 Å². The van der Waals surface area contributed by atoms with Crippen LogP contribution in [0.3, 0.4) is 0 Å². The zero-order chi connectivity index (χ0) is 10.2. The first-order valence-corrected chi connectivity index (χ1v) is 6.00. The van der Waals surface area contributed by atoms with Crippen molar-refractivity contribution in [3.63, 3.8) is 0 Å². The lowest BCUT2D eigenvalue weighted by molar-refractivity contribution is 0.0753. The number of carbonyl (C=O) groups is 1. The molecule has 1 fully saturated rings. The number of carbonyl (C=O) groups excluding carboxylic acids is 1. The Morgan fingerprint density at radius 3 is 2.64 bits per heavy atom. The molecule has 1 aliphatic carbocycles. The first-order chi connectivity index (χ1) is 6.68. The van der Waals surface area contributed by atoms with E-state index in [-0.39, 0.29) is 5.78 Å². The van der Waals surface area contributed by atoms with Crippen molar-refractivity contribution in [2.24, 2.45) is 5.41 Å². The first-order valence-electron chi connectivity index (χ1n) is 4.39. The van der Waals surface area contributed by atoms with Crippen LogP contribution in [0, 0.1) is 16.7 Å². The zero-order valence-electron chi connectivity index (χ0n) is 7.42. The van der Waals surface area contributed by atoms with Gasteiger partial charge in [-0.15, -0.1) is 11.3 Å². The summed E-state index contributed by atoms with van der Waals surface area (Å²) in [4.78, 5) is 12.7. The van der Waals surface area contributed by atoms with Crippen molar-refractivity contribution < 1.29 is 4.79 Å². The molecule has 0 aromatic carbocycles. The Labute approximate surface area is 94.7 Å². The fraction of sp³-hybridized carbons (Fsp3) is 0.400. The number of rotatable bonds is 2. The van der Waals surface area contributed by atoms with Crippen LogP contribution in [-0.2, 0) is 0 Å². The fourth-order valence-corrected chi connectivity index (χ4v) is 3.02. The highest BCUT2D eigenvalue weighted by atomic mass is 79.9. The minimum Gasteiger partial charge on any atom is -0.291 e. The van der Waals surface area contributed by atoms with Gasteiger partial charge < -0.3 is 0 Å². The van der Waals surface area contributed by atoms with Crippen molar-refractivity contribution in [3.05, 3.63) is 20.8 Å². The molecule has 1 aromatic heterocycles. The molecule has 0 amide bonds. The summed E-state index contributed by atoms with van der Waals surface area (Å²) in [7, 11) is 0. The first kappa shape index (κ1) is 9.88. The molecular formula is C10H8BrNOS. The smallest absolute Gasteiger partial charge is 0.192 e. The molecular weight excluding hydrogens is 262 g/mol. The number of halogens is 1. The Morgan fingerprint density at radius 2 is 2.29 bits per heavy atom. The van der Waals surface area contributed by atoms with Crippen molar-refractivity contribution >= 4 is 33.0 Å². The van der Waals surface area contributed by atoms with E-state index in [0.717, 1.165) is 23.0 Å². The Hall–Kier alpha value is -0.660. The van der Waals surface area contributed by atoms with Crippen LogP contribution in [0.2, 0.25) is 0 Å². The third-order valence-electron chi connectivity index (χ3n) is 2.65. The third kappa shape index (κ3) is 1.41. The quantitative estimate of drug-likeness (QED) is 0.773. The molecule has 1 aliphatic rings. The summed E-state index contributed by atoms with van der Waals surface area (Å²) >= 11 is 4.72.